The fourth-order valence-electron chi connectivity index (χ4n) is 1.67. The van der Waals surface area contributed by atoms with Crippen LogP contribution in [0.15, 0.2) is 23.1 Å². The van der Waals surface area contributed by atoms with Crippen molar-refractivity contribution in [2.45, 2.75) is 11.8 Å². The van der Waals surface area contributed by atoms with Crippen LogP contribution in [-0.4, -0.2) is 51.7 Å². The summed E-state index contributed by atoms with van der Waals surface area (Å²) in [6, 6.07) is 4.56. The van der Waals surface area contributed by atoms with Crippen molar-refractivity contribution in [3.05, 3.63) is 29.3 Å². The van der Waals surface area contributed by atoms with Crippen molar-refractivity contribution in [1.29, 1.82) is 0 Å². The molecule has 0 amide bonds. The molecular formula is C12H18N2O4S3. The average Bonchev–Trinajstić information content (AvgIpc) is 2.34. The molecule has 6 nitrogen and oxygen atoms in total. The van der Waals surface area contributed by atoms with Crippen LogP contribution in [0.3, 0.4) is 0 Å². The monoisotopic (exact) mass is 350 g/mol. The molecule has 0 heterocycles. The zero-order chi connectivity index (χ0) is 16.4. The minimum absolute atomic E-state index is 0.0995. The molecule has 1 rings (SSSR count). The lowest BCUT2D eigenvalue weighted by Crippen LogP contribution is -2.32. The minimum Gasteiger partial charge on any atom is -0.389 e. The van der Waals surface area contributed by atoms with Gasteiger partial charge in [0.25, 0.3) is 0 Å². The number of aryl methyl sites for hydroxylation is 1. The Balaban J connectivity index is 3.10. The summed E-state index contributed by atoms with van der Waals surface area (Å²) in [5.74, 6) is -0.229. The van der Waals surface area contributed by atoms with Crippen molar-refractivity contribution in [2.75, 3.05) is 25.6 Å². The molecule has 0 saturated carbocycles. The first-order valence-electron chi connectivity index (χ1n) is 5.99. The molecule has 0 atom stereocenters. The van der Waals surface area contributed by atoms with Crippen LogP contribution in [-0.2, 0) is 19.9 Å². The van der Waals surface area contributed by atoms with Crippen molar-refractivity contribution in [2.24, 2.45) is 5.73 Å². The molecule has 2 N–H and O–H groups in total. The van der Waals surface area contributed by atoms with Crippen LogP contribution in [0.25, 0.3) is 0 Å². The number of sulfone groups is 1. The molecule has 1 aromatic rings. The lowest BCUT2D eigenvalue weighted by Gasteiger charge is -2.18. The van der Waals surface area contributed by atoms with E-state index in [9.17, 15) is 16.8 Å². The van der Waals surface area contributed by atoms with Gasteiger partial charge in [0.2, 0.25) is 10.0 Å². The summed E-state index contributed by atoms with van der Waals surface area (Å²) in [7, 11) is -5.63. The highest BCUT2D eigenvalue weighted by Crippen LogP contribution is 2.20. The van der Waals surface area contributed by atoms with E-state index in [1.807, 2.05) is 0 Å². The number of hydrogen-bond acceptors (Lipinski definition) is 5. The maximum absolute atomic E-state index is 12.4. The SMILES string of the molecule is Cc1cc(C(N)=S)ccc1S(=O)(=O)N(C)CCS(C)(=O)=O. The smallest absolute Gasteiger partial charge is 0.243 e. The number of nitrogens with two attached hydrogens (primary N) is 1. The van der Waals surface area contributed by atoms with Gasteiger partial charge in [0.05, 0.1) is 10.6 Å². The van der Waals surface area contributed by atoms with E-state index >= 15 is 0 Å². The molecule has 0 fully saturated rings. The van der Waals surface area contributed by atoms with Crippen molar-refractivity contribution in [1.82, 2.24) is 4.31 Å². The van der Waals surface area contributed by atoms with Crippen molar-refractivity contribution >= 4 is 37.1 Å². The molecule has 1 aromatic carbocycles. The van der Waals surface area contributed by atoms with E-state index in [0.29, 0.717) is 11.1 Å². The maximum atomic E-state index is 12.4. The van der Waals surface area contributed by atoms with Crippen LogP contribution < -0.4 is 5.73 Å². The molecule has 0 unspecified atom stereocenters. The highest BCUT2D eigenvalue weighted by molar-refractivity contribution is 7.91. The molecule has 0 bridgehead atoms. The Labute approximate surface area is 130 Å². The first kappa shape index (κ1) is 18.0. The van der Waals surface area contributed by atoms with Crippen molar-refractivity contribution in [3.63, 3.8) is 0 Å². The van der Waals surface area contributed by atoms with Gasteiger partial charge in [-0.05, 0) is 24.6 Å². The van der Waals surface area contributed by atoms with Crippen LogP contribution in [0, 0.1) is 6.92 Å². The Morgan fingerprint density at radius 3 is 2.29 bits per heavy atom. The summed E-state index contributed by atoms with van der Waals surface area (Å²) < 4.78 is 48.1. The van der Waals surface area contributed by atoms with Crippen LogP contribution in [0.5, 0.6) is 0 Å². The first-order valence-corrected chi connectivity index (χ1v) is 9.90. The first-order chi connectivity index (χ1) is 9.45. The third kappa shape index (κ3) is 4.73. The van der Waals surface area contributed by atoms with Gasteiger partial charge in [-0.2, -0.15) is 4.31 Å². The van der Waals surface area contributed by atoms with E-state index in [1.165, 1.54) is 19.2 Å². The summed E-state index contributed by atoms with van der Waals surface area (Å²) in [6.07, 6.45) is 1.07. The molecule has 118 valence electrons. The lowest BCUT2D eigenvalue weighted by atomic mass is 10.1. The lowest BCUT2D eigenvalue weighted by molar-refractivity contribution is 0.484. The molecule has 0 radical (unpaired) electrons. The fraction of sp³-hybridized carbons (Fsp3) is 0.417. The Morgan fingerprint density at radius 2 is 1.86 bits per heavy atom. The minimum atomic E-state index is -3.75. The standard InChI is InChI=1S/C12H18N2O4S3/c1-9-8-10(12(13)19)4-5-11(9)21(17,18)14(2)6-7-20(3,15)16/h4-5,8H,6-7H2,1-3H3,(H2,13,19). The van der Waals surface area contributed by atoms with E-state index in [2.05, 4.69) is 0 Å². The van der Waals surface area contributed by atoms with Gasteiger partial charge in [-0.25, -0.2) is 16.8 Å². The Morgan fingerprint density at radius 1 is 1.29 bits per heavy atom. The zero-order valence-electron chi connectivity index (χ0n) is 12.0. The molecule has 9 heteroatoms. The number of rotatable bonds is 6. The Hall–Kier alpha value is -1.03. The summed E-state index contributed by atoms with van der Waals surface area (Å²) in [5, 5.41) is 0. The molecule has 0 saturated heterocycles. The molecule has 0 aliphatic carbocycles. The van der Waals surface area contributed by atoms with E-state index in [0.717, 1.165) is 10.6 Å². The van der Waals surface area contributed by atoms with E-state index in [-0.39, 0.29) is 22.2 Å². The van der Waals surface area contributed by atoms with Gasteiger partial charge in [-0.3, -0.25) is 0 Å². The van der Waals surface area contributed by atoms with Gasteiger partial charge in [0, 0.05) is 25.4 Å². The van der Waals surface area contributed by atoms with Crippen LogP contribution in [0.2, 0.25) is 0 Å². The Kier molecular flexibility index (Phi) is 5.48. The van der Waals surface area contributed by atoms with E-state index < -0.39 is 19.9 Å². The summed E-state index contributed by atoms with van der Waals surface area (Å²) in [6.45, 7) is 1.54. The fourth-order valence-corrected chi connectivity index (χ4v) is 3.90. The summed E-state index contributed by atoms with van der Waals surface area (Å²) in [5.41, 5.74) is 6.59. The molecule has 0 spiro atoms. The van der Waals surface area contributed by atoms with Gasteiger partial charge in [0.1, 0.15) is 14.8 Å². The number of nitrogens with zero attached hydrogens (tertiary/aromatic N) is 1. The average molecular weight is 350 g/mol. The topological polar surface area (TPSA) is 97.5 Å². The number of sulfonamides is 1. The number of thiocarbonyl (C=S) groups is 1. The van der Waals surface area contributed by atoms with Gasteiger partial charge in [-0.15, -0.1) is 0 Å². The largest absolute Gasteiger partial charge is 0.389 e. The van der Waals surface area contributed by atoms with Crippen LogP contribution in [0.4, 0.5) is 0 Å². The zero-order valence-corrected chi connectivity index (χ0v) is 14.5. The normalized spacial score (nSPS) is 12.6. The predicted molar refractivity (Wildman–Crippen MR) is 86.6 cm³/mol. The van der Waals surface area contributed by atoms with Gasteiger partial charge in [-0.1, -0.05) is 18.3 Å². The molecule has 21 heavy (non-hydrogen) atoms. The summed E-state index contributed by atoms with van der Waals surface area (Å²) in [4.78, 5) is 0.297. The molecular weight excluding hydrogens is 332 g/mol. The van der Waals surface area contributed by atoms with Crippen LogP contribution >= 0.6 is 12.2 Å². The van der Waals surface area contributed by atoms with E-state index in [1.54, 1.807) is 13.0 Å². The predicted octanol–water partition coefficient (Wildman–Crippen LogP) is 0.294. The molecule has 0 aliphatic rings. The second kappa shape index (κ2) is 6.39. The quantitative estimate of drug-likeness (QED) is 0.741. The maximum Gasteiger partial charge on any atom is 0.243 e. The van der Waals surface area contributed by atoms with Crippen molar-refractivity contribution in [3.8, 4) is 0 Å². The third-order valence-corrected chi connectivity index (χ3v) is 6.10. The van der Waals surface area contributed by atoms with Gasteiger partial charge in [0.15, 0.2) is 0 Å². The second-order valence-electron chi connectivity index (χ2n) is 4.80. The number of hydrogen-bond donors (Lipinski definition) is 1. The molecule has 0 aliphatic heterocycles. The highest BCUT2D eigenvalue weighted by Gasteiger charge is 2.23. The van der Waals surface area contributed by atoms with Crippen molar-refractivity contribution < 1.29 is 16.8 Å². The van der Waals surface area contributed by atoms with E-state index in [4.69, 9.17) is 18.0 Å². The molecule has 0 aromatic heterocycles. The second-order valence-corrected chi connectivity index (χ2v) is 9.51. The van der Waals surface area contributed by atoms with Gasteiger partial charge < -0.3 is 5.73 Å². The number of benzene rings is 1. The highest BCUT2D eigenvalue weighted by atomic mass is 32.2. The van der Waals surface area contributed by atoms with Gasteiger partial charge >= 0.3 is 0 Å². The third-order valence-electron chi connectivity index (χ3n) is 2.92. The Bertz CT molecular complexity index is 755. The summed E-state index contributed by atoms with van der Waals surface area (Å²) >= 11 is 4.84. The van der Waals surface area contributed by atoms with Crippen LogP contribution in [0.1, 0.15) is 11.1 Å².